The van der Waals surface area contributed by atoms with Crippen LogP contribution in [0.25, 0.3) is 0 Å². The number of hydrogen-bond acceptors (Lipinski definition) is 2. The van der Waals surface area contributed by atoms with Gasteiger partial charge in [0, 0.05) is 25.8 Å². The molecule has 0 aliphatic heterocycles. The van der Waals surface area contributed by atoms with Crippen LogP contribution in [0.1, 0.15) is 29.0 Å². The molecule has 0 radical (unpaired) electrons. The highest BCUT2D eigenvalue weighted by molar-refractivity contribution is 5.25. The van der Waals surface area contributed by atoms with Crippen LogP contribution >= 0.6 is 0 Å². The molecule has 3 nitrogen and oxygen atoms in total. The van der Waals surface area contributed by atoms with E-state index >= 15 is 0 Å². The molecule has 0 fully saturated rings. The predicted octanol–water partition coefficient (Wildman–Crippen LogP) is 2.44. The van der Waals surface area contributed by atoms with Gasteiger partial charge in [-0.05, 0) is 30.9 Å². The molecular weight excluding hydrogens is 224 g/mol. The molecule has 1 unspecified atom stereocenters. The number of rotatable bonds is 5. The lowest BCUT2D eigenvalue weighted by molar-refractivity contribution is 0.259. The molecule has 18 heavy (non-hydrogen) atoms. The summed E-state index contributed by atoms with van der Waals surface area (Å²) in [5.41, 5.74) is 3.69. The molecular formula is C15H20N2O. The SMILES string of the molecule is Cc1cccc(C(CO)CCc2cnn(C)c2)c1. The number of aromatic nitrogens is 2. The van der Waals surface area contributed by atoms with Gasteiger partial charge in [-0.3, -0.25) is 4.68 Å². The van der Waals surface area contributed by atoms with Crippen LogP contribution in [0, 0.1) is 6.92 Å². The maximum absolute atomic E-state index is 9.53. The molecule has 1 aromatic carbocycles. The van der Waals surface area contributed by atoms with E-state index in [0.717, 1.165) is 12.8 Å². The summed E-state index contributed by atoms with van der Waals surface area (Å²) < 4.78 is 1.82. The maximum atomic E-state index is 9.53. The Morgan fingerprint density at radius 2 is 2.22 bits per heavy atom. The van der Waals surface area contributed by atoms with Gasteiger partial charge in [-0.1, -0.05) is 29.8 Å². The molecule has 1 heterocycles. The summed E-state index contributed by atoms with van der Waals surface area (Å²) in [6, 6.07) is 8.39. The molecule has 1 N–H and O–H groups in total. The predicted molar refractivity (Wildman–Crippen MR) is 72.5 cm³/mol. The average Bonchev–Trinajstić information content (AvgIpc) is 2.76. The number of aryl methyl sites for hydroxylation is 3. The van der Waals surface area contributed by atoms with Crippen LogP contribution in [0.5, 0.6) is 0 Å². The highest BCUT2D eigenvalue weighted by atomic mass is 16.3. The van der Waals surface area contributed by atoms with Crippen molar-refractivity contribution in [1.29, 1.82) is 0 Å². The Labute approximate surface area is 108 Å². The number of hydrogen-bond donors (Lipinski definition) is 1. The van der Waals surface area contributed by atoms with Crippen molar-refractivity contribution in [3.05, 3.63) is 53.3 Å². The van der Waals surface area contributed by atoms with Gasteiger partial charge >= 0.3 is 0 Å². The van der Waals surface area contributed by atoms with Crippen molar-refractivity contribution in [2.45, 2.75) is 25.7 Å². The Bertz CT molecular complexity index is 505. The van der Waals surface area contributed by atoms with Gasteiger partial charge in [0.1, 0.15) is 0 Å². The summed E-state index contributed by atoms with van der Waals surface area (Å²) in [6.07, 6.45) is 5.83. The Kier molecular flexibility index (Phi) is 4.15. The third-order valence-electron chi connectivity index (χ3n) is 3.27. The minimum absolute atomic E-state index is 0.198. The molecule has 1 aromatic heterocycles. The molecule has 1 atom stereocenters. The van der Waals surface area contributed by atoms with E-state index in [0.29, 0.717) is 0 Å². The summed E-state index contributed by atoms with van der Waals surface area (Å²) in [4.78, 5) is 0. The van der Waals surface area contributed by atoms with Gasteiger partial charge in [-0.15, -0.1) is 0 Å². The second kappa shape index (κ2) is 5.83. The van der Waals surface area contributed by atoms with Crippen molar-refractivity contribution in [3.63, 3.8) is 0 Å². The van der Waals surface area contributed by atoms with E-state index in [1.807, 2.05) is 24.1 Å². The van der Waals surface area contributed by atoms with Gasteiger partial charge < -0.3 is 5.11 Å². The summed E-state index contributed by atoms with van der Waals surface area (Å²) in [7, 11) is 1.92. The zero-order valence-electron chi connectivity index (χ0n) is 11.0. The summed E-state index contributed by atoms with van der Waals surface area (Å²) >= 11 is 0. The molecule has 0 saturated carbocycles. The van der Waals surface area contributed by atoms with Crippen molar-refractivity contribution in [2.24, 2.45) is 7.05 Å². The fourth-order valence-corrected chi connectivity index (χ4v) is 2.23. The number of aliphatic hydroxyl groups is 1. The van der Waals surface area contributed by atoms with Crippen LogP contribution in [-0.4, -0.2) is 21.5 Å². The van der Waals surface area contributed by atoms with Gasteiger partial charge in [0.2, 0.25) is 0 Å². The fourth-order valence-electron chi connectivity index (χ4n) is 2.23. The summed E-state index contributed by atoms with van der Waals surface area (Å²) in [5, 5.41) is 13.7. The zero-order valence-corrected chi connectivity index (χ0v) is 11.0. The maximum Gasteiger partial charge on any atom is 0.0521 e. The molecule has 0 aliphatic carbocycles. The highest BCUT2D eigenvalue weighted by Crippen LogP contribution is 2.22. The van der Waals surface area contributed by atoms with Gasteiger partial charge in [0.25, 0.3) is 0 Å². The topological polar surface area (TPSA) is 38.1 Å². The third-order valence-corrected chi connectivity index (χ3v) is 3.27. The largest absolute Gasteiger partial charge is 0.396 e. The van der Waals surface area contributed by atoms with E-state index in [1.165, 1.54) is 16.7 Å². The second-order valence-electron chi connectivity index (χ2n) is 4.85. The first-order valence-electron chi connectivity index (χ1n) is 6.34. The molecule has 0 aliphatic rings. The van der Waals surface area contributed by atoms with Crippen LogP contribution < -0.4 is 0 Å². The average molecular weight is 244 g/mol. The Hall–Kier alpha value is -1.61. The van der Waals surface area contributed by atoms with Gasteiger partial charge in [-0.2, -0.15) is 5.10 Å². The van der Waals surface area contributed by atoms with Crippen molar-refractivity contribution in [3.8, 4) is 0 Å². The molecule has 0 amide bonds. The smallest absolute Gasteiger partial charge is 0.0521 e. The van der Waals surface area contributed by atoms with E-state index in [9.17, 15) is 5.11 Å². The monoisotopic (exact) mass is 244 g/mol. The number of nitrogens with zero attached hydrogens (tertiary/aromatic N) is 2. The zero-order chi connectivity index (χ0) is 13.0. The molecule has 2 aromatic rings. The Balaban J connectivity index is 2.01. The molecule has 96 valence electrons. The van der Waals surface area contributed by atoms with Gasteiger partial charge in [0.15, 0.2) is 0 Å². The standard InChI is InChI=1S/C15H20N2O/c1-12-4-3-5-14(8-12)15(11-18)7-6-13-9-16-17(2)10-13/h3-5,8-10,15,18H,6-7,11H2,1-2H3. The lowest BCUT2D eigenvalue weighted by atomic mass is 9.93. The first-order valence-corrected chi connectivity index (χ1v) is 6.34. The van der Waals surface area contributed by atoms with Crippen LogP contribution in [0.2, 0.25) is 0 Å². The highest BCUT2D eigenvalue weighted by Gasteiger charge is 2.11. The van der Waals surface area contributed by atoms with Crippen LogP contribution in [0.3, 0.4) is 0 Å². The third kappa shape index (κ3) is 3.20. The minimum atomic E-state index is 0.198. The summed E-state index contributed by atoms with van der Waals surface area (Å²) in [5.74, 6) is 0.213. The van der Waals surface area contributed by atoms with E-state index in [4.69, 9.17) is 0 Å². The van der Waals surface area contributed by atoms with E-state index in [1.54, 1.807) is 0 Å². The number of benzene rings is 1. The van der Waals surface area contributed by atoms with Gasteiger partial charge in [-0.25, -0.2) is 0 Å². The van der Waals surface area contributed by atoms with Crippen LogP contribution in [0.15, 0.2) is 36.7 Å². The quantitative estimate of drug-likeness (QED) is 0.877. The van der Waals surface area contributed by atoms with E-state index < -0.39 is 0 Å². The van der Waals surface area contributed by atoms with Crippen LogP contribution in [-0.2, 0) is 13.5 Å². The van der Waals surface area contributed by atoms with Crippen molar-refractivity contribution in [2.75, 3.05) is 6.61 Å². The molecule has 2 rings (SSSR count). The van der Waals surface area contributed by atoms with Crippen molar-refractivity contribution >= 4 is 0 Å². The number of aliphatic hydroxyl groups excluding tert-OH is 1. The molecule has 0 bridgehead atoms. The van der Waals surface area contributed by atoms with Crippen LogP contribution in [0.4, 0.5) is 0 Å². The molecule has 0 spiro atoms. The van der Waals surface area contributed by atoms with E-state index in [2.05, 4.69) is 36.3 Å². The molecule has 3 heteroatoms. The van der Waals surface area contributed by atoms with E-state index in [-0.39, 0.29) is 12.5 Å². The Morgan fingerprint density at radius 3 is 2.83 bits per heavy atom. The lowest BCUT2D eigenvalue weighted by Crippen LogP contribution is -2.05. The molecule has 0 saturated heterocycles. The van der Waals surface area contributed by atoms with Gasteiger partial charge in [0.05, 0.1) is 6.20 Å². The summed E-state index contributed by atoms with van der Waals surface area (Å²) in [6.45, 7) is 2.28. The fraction of sp³-hybridized carbons (Fsp3) is 0.400. The second-order valence-corrected chi connectivity index (χ2v) is 4.85. The minimum Gasteiger partial charge on any atom is -0.396 e. The van der Waals surface area contributed by atoms with Crippen molar-refractivity contribution < 1.29 is 5.11 Å². The normalized spacial score (nSPS) is 12.6. The Morgan fingerprint density at radius 1 is 1.39 bits per heavy atom. The first kappa shape index (κ1) is 12.8. The van der Waals surface area contributed by atoms with Crippen molar-refractivity contribution in [1.82, 2.24) is 9.78 Å². The lowest BCUT2D eigenvalue weighted by Gasteiger charge is -2.14. The first-order chi connectivity index (χ1) is 8.69.